The lowest BCUT2D eigenvalue weighted by molar-refractivity contribution is 0.991. The second-order valence-corrected chi connectivity index (χ2v) is 3.83. The van der Waals surface area contributed by atoms with Crippen LogP contribution >= 0.6 is 11.6 Å². The fraction of sp³-hybridized carbons (Fsp3) is 0.400. The maximum atomic E-state index is 8.69. The van der Waals surface area contributed by atoms with E-state index in [2.05, 4.69) is 11.1 Å². The topological polar surface area (TPSA) is 36.7 Å². The third kappa shape index (κ3) is 1.52. The molecule has 0 radical (unpaired) electrons. The number of aromatic nitrogens is 1. The summed E-state index contributed by atoms with van der Waals surface area (Å²) >= 11 is 5.74. The van der Waals surface area contributed by atoms with Crippen molar-refractivity contribution < 1.29 is 0 Å². The lowest BCUT2D eigenvalue weighted by atomic mass is 10.1. The molecule has 66 valence electrons. The number of hydrogen-bond acceptors (Lipinski definition) is 2. The Bertz CT molecular complexity index is 381. The van der Waals surface area contributed by atoms with Gasteiger partial charge in [0.2, 0.25) is 0 Å². The van der Waals surface area contributed by atoms with Crippen molar-refractivity contribution in [3.63, 3.8) is 0 Å². The van der Waals surface area contributed by atoms with Crippen molar-refractivity contribution in [1.82, 2.24) is 4.98 Å². The first-order valence-electron chi connectivity index (χ1n) is 4.24. The number of pyridine rings is 1. The number of halogens is 1. The normalized spacial score (nSPS) is 25.3. The van der Waals surface area contributed by atoms with Gasteiger partial charge in [-0.05, 0) is 30.5 Å². The van der Waals surface area contributed by atoms with Gasteiger partial charge < -0.3 is 0 Å². The number of nitriles is 1. The van der Waals surface area contributed by atoms with Crippen molar-refractivity contribution in [2.24, 2.45) is 5.92 Å². The summed E-state index contributed by atoms with van der Waals surface area (Å²) in [5, 5.41) is 9.21. The van der Waals surface area contributed by atoms with E-state index >= 15 is 0 Å². The molecule has 0 amide bonds. The molecule has 0 aromatic carbocycles. The van der Waals surface area contributed by atoms with Crippen molar-refractivity contribution in [2.45, 2.75) is 19.3 Å². The summed E-state index contributed by atoms with van der Waals surface area (Å²) in [4.78, 5) is 4.03. The fourth-order valence-corrected chi connectivity index (χ4v) is 1.81. The molecule has 0 N–H and O–H groups in total. The highest BCUT2D eigenvalue weighted by Crippen LogP contribution is 2.47. The van der Waals surface area contributed by atoms with Gasteiger partial charge >= 0.3 is 0 Å². The zero-order valence-electron chi connectivity index (χ0n) is 7.29. The fourth-order valence-electron chi connectivity index (χ4n) is 1.60. The van der Waals surface area contributed by atoms with Crippen LogP contribution in [0.15, 0.2) is 12.3 Å². The Hall–Kier alpha value is -1.07. The molecule has 1 saturated carbocycles. The first-order chi connectivity index (χ1) is 6.22. The maximum Gasteiger partial charge on any atom is 0.129 e. The minimum Gasteiger partial charge on any atom is -0.244 e. The highest BCUT2D eigenvalue weighted by atomic mass is 35.5. The lowest BCUT2D eigenvalue weighted by Gasteiger charge is -2.02. The molecule has 1 heterocycles. The Morgan fingerprint density at radius 2 is 2.46 bits per heavy atom. The molecule has 0 bridgehead atoms. The van der Waals surface area contributed by atoms with Crippen LogP contribution in [0.1, 0.15) is 23.5 Å². The van der Waals surface area contributed by atoms with E-state index in [1.165, 1.54) is 5.56 Å². The molecular weight excluding hydrogens is 184 g/mol. The quantitative estimate of drug-likeness (QED) is 0.642. The number of rotatable bonds is 1. The van der Waals surface area contributed by atoms with E-state index in [4.69, 9.17) is 16.9 Å². The average Bonchev–Trinajstić information content (AvgIpc) is 2.83. The second-order valence-electron chi connectivity index (χ2n) is 3.44. The Balaban J connectivity index is 2.29. The zero-order chi connectivity index (χ0) is 9.42. The van der Waals surface area contributed by atoms with Crippen LogP contribution in [-0.4, -0.2) is 4.98 Å². The smallest absolute Gasteiger partial charge is 0.129 e. The van der Waals surface area contributed by atoms with Gasteiger partial charge in [0.05, 0.1) is 12.0 Å². The molecule has 0 saturated heterocycles. The van der Waals surface area contributed by atoms with Gasteiger partial charge in [0.1, 0.15) is 5.15 Å². The van der Waals surface area contributed by atoms with Crippen LogP contribution in [0.2, 0.25) is 5.15 Å². The van der Waals surface area contributed by atoms with E-state index < -0.39 is 0 Å². The maximum absolute atomic E-state index is 8.69. The molecule has 2 rings (SSSR count). The average molecular weight is 193 g/mol. The van der Waals surface area contributed by atoms with E-state index in [9.17, 15) is 0 Å². The molecule has 0 aliphatic heterocycles. The summed E-state index contributed by atoms with van der Waals surface area (Å²) in [7, 11) is 0. The summed E-state index contributed by atoms with van der Waals surface area (Å²) in [5.74, 6) is 0.594. The van der Waals surface area contributed by atoms with E-state index in [-0.39, 0.29) is 5.92 Å². The molecule has 1 aliphatic carbocycles. The molecule has 2 atom stereocenters. The Labute approximate surface area is 82.2 Å². The molecule has 1 aliphatic rings. The van der Waals surface area contributed by atoms with Crippen molar-refractivity contribution in [3.05, 3.63) is 28.5 Å². The Morgan fingerprint density at radius 1 is 1.69 bits per heavy atom. The van der Waals surface area contributed by atoms with Crippen molar-refractivity contribution in [1.29, 1.82) is 5.26 Å². The predicted octanol–water partition coefficient (Wildman–Crippen LogP) is 2.67. The number of nitrogens with zero attached hydrogens (tertiary/aromatic N) is 2. The highest BCUT2D eigenvalue weighted by Gasteiger charge is 2.39. The minimum atomic E-state index is 0.196. The third-order valence-electron chi connectivity index (χ3n) is 2.47. The van der Waals surface area contributed by atoms with Crippen LogP contribution in [0.4, 0.5) is 0 Å². The Kier molecular flexibility index (Phi) is 1.97. The van der Waals surface area contributed by atoms with Gasteiger partial charge in [-0.1, -0.05) is 11.6 Å². The molecule has 1 fully saturated rings. The SMILES string of the molecule is Cc1cc(Cl)ncc1C1CC1C#N. The van der Waals surface area contributed by atoms with Crippen molar-refractivity contribution in [3.8, 4) is 6.07 Å². The predicted molar refractivity (Wildman–Crippen MR) is 50.4 cm³/mol. The van der Waals surface area contributed by atoms with Gasteiger partial charge in [-0.2, -0.15) is 5.26 Å². The molecule has 1 aromatic rings. The molecule has 0 spiro atoms. The number of hydrogen-bond donors (Lipinski definition) is 0. The summed E-state index contributed by atoms with van der Waals surface area (Å²) in [6.07, 6.45) is 2.76. The van der Waals surface area contributed by atoms with Crippen LogP contribution in [-0.2, 0) is 0 Å². The second kappa shape index (κ2) is 3.01. The van der Waals surface area contributed by atoms with Gasteiger partial charge in [-0.15, -0.1) is 0 Å². The van der Waals surface area contributed by atoms with E-state index in [1.54, 1.807) is 6.20 Å². The molecule has 2 unspecified atom stereocenters. The number of aryl methyl sites for hydroxylation is 1. The minimum absolute atomic E-state index is 0.196. The summed E-state index contributed by atoms with van der Waals surface area (Å²) < 4.78 is 0. The van der Waals surface area contributed by atoms with E-state index in [0.717, 1.165) is 12.0 Å². The van der Waals surface area contributed by atoms with Crippen LogP contribution in [0.5, 0.6) is 0 Å². The molecule has 3 heteroatoms. The first-order valence-corrected chi connectivity index (χ1v) is 4.62. The van der Waals surface area contributed by atoms with Crippen LogP contribution in [0.3, 0.4) is 0 Å². The van der Waals surface area contributed by atoms with E-state index in [0.29, 0.717) is 11.1 Å². The van der Waals surface area contributed by atoms with Crippen LogP contribution in [0.25, 0.3) is 0 Å². The highest BCUT2D eigenvalue weighted by molar-refractivity contribution is 6.29. The molecule has 13 heavy (non-hydrogen) atoms. The van der Waals surface area contributed by atoms with E-state index in [1.807, 2.05) is 13.0 Å². The monoisotopic (exact) mass is 192 g/mol. The summed E-state index contributed by atoms with van der Waals surface area (Å²) in [6, 6.07) is 4.12. The Morgan fingerprint density at radius 3 is 3.00 bits per heavy atom. The van der Waals surface area contributed by atoms with Crippen LogP contribution < -0.4 is 0 Å². The molecule has 2 nitrogen and oxygen atoms in total. The largest absolute Gasteiger partial charge is 0.244 e. The zero-order valence-corrected chi connectivity index (χ0v) is 8.04. The van der Waals surface area contributed by atoms with Crippen molar-refractivity contribution >= 4 is 11.6 Å². The van der Waals surface area contributed by atoms with Crippen molar-refractivity contribution in [2.75, 3.05) is 0 Å². The molecule has 1 aromatic heterocycles. The standard InChI is InChI=1S/C10H9ClN2/c1-6-2-10(11)13-5-9(6)8-3-7(8)4-12/h2,5,7-8H,3H2,1H3. The van der Waals surface area contributed by atoms with Gasteiger partial charge in [-0.25, -0.2) is 4.98 Å². The van der Waals surface area contributed by atoms with Gasteiger partial charge in [0.25, 0.3) is 0 Å². The first kappa shape index (κ1) is 8.52. The van der Waals surface area contributed by atoms with Gasteiger partial charge in [0.15, 0.2) is 0 Å². The van der Waals surface area contributed by atoms with Gasteiger partial charge in [-0.3, -0.25) is 0 Å². The lowest BCUT2D eigenvalue weighted by Crippen LogP contribution is -1.89. The van der Waals surface area contributed by atoms with Gasteiger partial charge in [0, 0.05) is 12.1 Å². The summed E-state index contributed by atoms with van der Waals surface area (Å²) in [6.45, 7) is 2.01. The molecular formula is C10H9ClN2. The summed E-state index contributed by atoms with van der Waals surface area (Å²) in [5.41, 5.74) is 2.32. The third-order valence-corrected chi connectivity index (χ3v) is 2.68. The van der Waals surface area contributed by atoms with Crippen LogP contribution in [0, 0.1) is 24.2 Å².